The van der Waals surface area contributed by atoms with E-state index < -0.39 is 45.7 Å². The van der Waals surface area contributed by atoms with Crippen molar-refractivity contribution in [1.29, 1.82) is 0 Å². The molecule has 0 heterocycles. The molecule has 0 spiro atoms. The van der Waals surface area contributed by atoms with Crippen LogP contribution in [0.4, 0.5) is 17.6 Å². The van der Waals surface area contributed by atoms with E-state index in [1.807, 2.05) is 0 Å². The van der Waals surface area contributed by atoms with E-state index in [2.05, 4.69) is 0 Å². The molecule has 11 heteroatoms. The number of alkyl halides is 4. The van der Waals surface area contributed by atoms with Crippen molar-refractivity contribution in [2.24, 2.45) is 23.2 Å². The van der Waals surface area contributed by atoms with Gasteiger partial charge in [0.2, 0.25) is 0 Å². The molecule has 4 saturated carbocycles. The number of hydrogen-bond acceptors (Lipinski definition) is 4. The summed E-state index contributed by atoms with van der Waals surface area (Å²) in [5.41, 5.74) is -0.713. The Bertz CT molecular complexity index is 638. The molecule has 4 aliphatic rings. The first-order valence-corrected chi connectivity index (χ1v) is 9.70. The molecule has 0 amide bonds. The van der Waals surface area contributed by atoms with Gasteiger partial charge in [0.1, 0.15) is 0 Å². The monoisotopic (exact) mass is 412 g/mol. The molecule has 5 nitrogen and oxygen atoms in total. The van der Waals surface area contributed by atoms with Crippen molar-refractivity contribution >= 4 is 16.1 Å². The second-order valence-electron chi connectivity index (χ2n) is 7.78. The van der Waals surface area contributed by atoms with Gasteiger partial charge in [-0.3, -0.25) is 9.35 Å². The second-order valence-corrected chi connectivity index (χ2v) is 9.24. The maximum Gasteiger partial charge on any atom is 1.00 e. The van der Waals surface area contributed by atoms with E-state index in [9.17, 15) is 30.8 Å². The maximum atomic E-state index is 13.4. The van der Waals surface area contributed by atoms with Crippen LogP contribution in [0.2, 0.25) is 0 Å². The van der Waals surface area contributed by atoms with E-state index in [4.69, 9.17) is 9.29 Å². The molecular formula is C15H21F4NaO5S. The van der Waals surface area contributed by atoms with Gasteiger partial charge in [-0.2, -0.15) is 26.0 Å². The van der Waals surface area contributed by atoms with Crippen LogP contribution in [0.15, 0.2) is 0 Å². The Morgan fingerprint density at radius 3 is 1.88 bits per heavy atom. The number of ether oxygens (including phenoxy) is 1. The Balaban J connectivity index is 0.00000182. The van der Waals surface area contributed by atoms with Gasteiger partial charge in [0.05, 0.1) is 18.4 Å². The van der Waals surface area contributed by atoms with Crippen molar-refractivity contribution in [2.45, 2.75) is 56.1 Å². The summed E-state index contributed by atoms with van der Waals surface area (Å²) in [6.45, 7) is -1.03. The summed E-state index contributed by atoms with van der Waals surface area (Å²) in [6.07, 6.45) is 3.40. The summed E-state index contributed by atoms with van der Waals surface area (Å²) in [5, 5.41) is -5.63. The Morgan fingerprint density at radius 1 is 1.08 bits per heavy atom. The molecule has 4 bridgehead atoms. The topological polar surface area (TPSA) is 80.7 Å². The van der Waals surface area contributed by atoms with Gasteiger partial charge in [-0.25, -0.2) is 0 Å². The molecule has 1 N–H and O–H groups in total. The second kappa shape index (κ2) is 7.17. The Kier molecular flexibility index (Phi) is 6.17. The average Bonchev–Trinajstić information content (AvgIpc) is 2.44. The van der Waals surface area contributed by atoms with Crippen LogP contribution in [-0.2, 0) is 19.6 Å². The fraction of sp³-hybridized carbons (Fsp3) is 0.933. The third kappa shape index (κ3) is 3.81. The van der Waals surface area contributed by atoms with Gasteiger partial charge in [-0.1, -0.05) is 0 Å². The Hall–Kier alpha value is 0.1000. The van der Waals surface area contributed by atoms with Crippen molar-refractivity contribution in [1.82, 2.24) is 0 Å². The van der Waals surface area contributed by atoms with Crippen LogP contribution in [-0.4, -0.2) is 36.7 Å². The normalized spacial score (nSPS) is 33.7. The first-order chi connectivity index (χ1) is 11.4. The number of rotatable bonds is 6. The van der Waals surface area contributed by atoms with E-state index in [1.165, 1.54) is 0 Å². The zero-order valence-electron chi connectivity index (χ0n) is 15.4. The SMILES string of the molecule is O=C(OCCC(F)(F)C(F)(F)S(=O)(=O)O)C12CC3CC(CC(C3)C1)C2.[H-].[Na+]. The van der Waals surface area contributed by atoms with Crippen LogP contribution in [0.25, 0.3) is 0 Å². The van der Waals surface area contributed by atoms with E-state index in [0.29, 0.717) is 37.0 Å². The molecule has 4 aliphatic carbocycles. The molecule has 0 aromatic carbocycles. The molecular weight excluding hydrogens is 391 g/mol. The average molecular weight is 412 g/mol. The fourth-order valence-corrected chi connectivity index (χ4v) is 5.60. The number of esters is 1. The van der Waals surface area contributed by atoms with Crippen LogP contribution in [0.1, 0.15) is 46.4 Å². The first kappa shape index (κ1) is 22.4. The van der Waals surface area contributed by atoms with Gasteiger partial charge >= 0.3 is 56.8 Å². The molecule has 26 heavy (non-hydrogen) atoms. The minimum Gasteiger partial charge on any atom is -1.00 e. The van der Waals surface area contributed by atoms with Crippen LogP contribution in [0.5, 0.6) is 0 Å². The van der Waals surface area contributed by atoms with Gasteiger partial charge in [0.15, 0.2) is 0 Å². The largest absolute Gasteiger partial charge is 1.00 e. The predicted octanol–water partition coefficient (Wildman–Crippen LogP) is 0.369. The summed E-state index contributed by atoms with van der Waals surface area (Å²) >= 11 is 0. The van der Waals surface area contributed by atoms with Crippen molar-refractivity contribution in [2.75, 3.05) is 6.61 Å². The summed E-state index contributed by atoms with van der Waals surface area (Å²) < 4.78 is 87.1. The molecule has 0 atom stereocenters. The van der Waals surface area contributed by atoms with Crippen LogP contribution in [0.3, 0.4) is 0 Å². The van der Waals surface area contributed by atoms with E-state index in [0.717, 1.165) is 19.3 Å². The van der Waals surface area contributed by atoms with Crippen molar-refractivity contribution in [3.8, 4) is 0 Å². The summed E-state index contributed by atoms with van der Waals surface area (Å²) in [4.78, 5) is 12.4. The van der Waals surface area contributed by atoms with E-state index >= 15 is 0 Å². The number of carbonyl (C=O) groups excluding carboxylic acids is 1. The van der Waals surface area contributed by atoms with Gasteiger partial charge in [-0.15, -0.1) is 0 Å². The Labute approximate surface area is 172 Å². The summed E-state index contributed by atoms with van der Waals surface area (Å²) in [5.74, 6) is -4.43. The van der Waals surface area contributed by atoms with E-state index in [-0.39, 0.29) is 31.0 Å². The molecule has 4 fully saturated rings. The Morgan fingerprint density at radius 2 is 1.50 bits per heavy atom. The molecule has 0 aromatic heterocycles. The minimum atomic E-state index is -6.27. The summed E-state index contributed by atoms with van der Waals surface area (Å²) in [7, 11) is -6.27. The first-order valence-electron chi connectivity index (χ1n) is 8.26. The van der Waals surface area contributed by atoms with Crippen LogP contribution in [0, 0.1) is 23.2 Å². The molecule has 0 aromatic rings. The van der Waals surface area contributed by atoms with Gasteiger partial charge in [0, 0.05) is 0 Å². The van der Waals surface area contributed by atoms with Crippen LogP contribution < -0.4 is 29.6 Å². The zero-order chi connectivity index (χ0) is 18.7. The van der Waals surface area contributed by atoms with Crippen molar-refractivity contribution in [3.05, 3.63) is 0 Å². The van der Waals surface area contributed by atoms with Gasteiger partial charge in [0.25, 0.3) is 0 Å². The van der Waals surface area contributed by atoms with Crippen molar-refractivity contribution < 1.29 is 71.0 Å². The zero-order valence-corrected chi connectivity index (χ0v) is 17.2. The number of hydrogen-bond donors (Lipinski definition) is 1. The van der Waals surface area contributed by atoms with E-state index in [1.54, 1.807) is 0 Å². The number of halogens is 4. The van der Waals surface area contributed by atoms with Crippen LogP contribution >= 0.6 is 0 Å². The molecule has 0 radical (unpaired) electrons. The minimum absolute atomic E-state index is 0. The molecule has 0 unspecified atom stereocenters. The summed E-state index contributed by atoms with van der Waals surface area (Å²) in [6, 6.07) is 0. The van der Waals surface area contributed by atoms with Gasteiger partial charge in [-0.05, 0) is 56.3 Å². The smallest absolute Gasteiger partial charge is 1.00 e. The molecule has 146 valence electrons. The fourth-order valence-electron chi connectivity index (χ4n) is 5.12. The molecule has 4 rings (SSSR count). The number of carbonyl (C=O) groups is 1. The predicted molar refractivity (Wildman–Crippen MR) is 78.7 cm³/mol. The van der Waals surface area contributed by atoms with Crippen molar-refractivity contribution in [3.63, 3.8) is 0 Å². The quantitative estimate of drug-likeness (QED) is 0.295. The molecule has 0 aliphatic heterocycles. The van der Waals surface area contributed by atoms with Gasteiger partial charge < -0.3 is 6.16 Å². The third-order valence-electron chi connectivity index (χ3n) is 5.87. The standard InChI is InChI=1S/C15H20F4O5S.Na.H/c16-14(17,15(18,19)25(21,22)23)1-2-24-12(20)13-6-9-3-10(7-13)5-11(4-9)8-13;;/h9-11H,1-8H2,(H,21,22,23);;/q;+1;-1. The molecule has 0 saturated heterocycles. The third-order valence-corrected chi connectivity index (χ3v) is 6.82. The maximum absolute atomic E-state index is 13.4.